The van der Waals surface area contributed by atoms with E-state index in [-0.39, 0.29) is 36.9 Å². The number of carbonyl (C=O) groups is 2. The minimum atomic E-state index is -1.24. The molecule has 9 nitrogen and oxygen atoms in total. The number of amides is 2. The van der Waals surface area contributed by atoms with Gasteiger partial charge >= 0.3 is 6.03 Å². The van der Waals surface area contributed by atoms with Gasteiger partial charge in [-0.05, 0) is 43.7 Å². The second kappa shape index (κ2) is 11.4. The number of aromatic nitrogens is 3. The van der Waals surface area contributed by atoms with Crippen molar-refractivity contribution in [2.75, 3.05) is 20.1 Å². The molecule has 1 aromatic carbocycles. The summed E-state index contributed by atoms with van der Waals surface area (Å²) in [4.78, 5) is 30.9. The average molecular weight is 505 g/mol. The molecule has 1 aromatic heterocycles. The monoisotopic (exact) mass is 504 g/mol. The third-order valence-electron chi connectivity index (χ3n) is 7.25. The van der Waals surface area contributed by atoms with Crippen molar-refractivity contribution in [1.82, 2.24) is 24.1 Å². The Morgan fingerprint density at radius 3 is 2.67 bits per heavy atom. The quantitative estimate of drug-likeness (QED) is 0.490. The Labute approximate surface area is 209 Å². The first-order valence-electron chi connectivity index (χ1n) is 12.3. The van der Waals surface area contributed by atoms with Gasteiger partial charge in [0.1, 0.15) is 18.7 Å². The van der Waals surface area contributed by atoms with Crippen LogP contribution in [0.4, 0.5) is 13.6 Å². The number of halogens is 2. The molecule has 3 unspecified atom stereocenters. The van der Waals surface area contributed by atoms with Gasteiger partial charge in [0.05, 0.1) is 19.3 Å². The summed E-state index contributed by atoms with van der Waals surface area (Å²) in [5, 5.41) is 4.13. The van der Waals surface area contributed by atoms with Crippen molar-refractivity contribution in [3.05, 3.63) is 46.8 Å². The summed E-state index contributed by atoms with van der Waals surface area (Å²) in [5.74, 6) is 0.505. The summed E-state index contributed by atoms with van der Waals surface area (Å²) in [5.41, 5.74) is 1.70. The first-order chi connectivity index (χ1) is 17.3. The lowest BCUT2D eigenvalue weighted by molar-refractivity contribution is -0.107. The molecular formula is C25H34F2N6O3. The standard InChI is InChI=1S/C25H34F2N6O3/c1-17-29-33(24(28-16-34)31(17)3)25(35)30(2)13-20(27)14-32-21-7-8-22(32)11-23(10-21)36-15-19-6-4-5-18(9-19)12-26/h4-6,9,16,20-23H,7-8,10-15H2,1-3H3. The Morgan fingerprint density at radius 1 is 1.31 bits per heavy atom. The Balaban J connectivity index is 1.30. The summed E-state index contributed by atoms with van der Waals surface area (Å²) in [7, 11) is 3.17. The number of alkyl halides is 2. The Bertz CT molecular complexity index is 1140. The molecule has 2 bridgehead atoms. The van der Waals surface area contributed by atoms with Crippen LogP contribution in [0.25, 0.3) is 0 Å². The summed E-state index contributed by atoms with van der Waals surface area (Å²) in [6.07, 6.45) is 2.88. The van der Waals surface area contributed by atoms with Crippen LogP contribution in [-0.2, 0) is 29.9 Å². The maximum absolute atomic E-state index is 15.1. The highest BCUT2D eigenvalue weighted by molar-refractivity contribution is 5.75. The van der Waals surface area contributed by atoms with E-state index in [4.69, 9.17) is 4.74 Å². The molecule has 11 heteroatoms. The molecule has 36 heavy (non-hydrogen) atoms. The Morgan fingerprint density at radius 2 is 2.00 bits per heavy atom. The SMILES string of the molecule is Cc1nn(C(=O)N(C)CC(F)CN2C3CCC2CC(OCc2cccc(CF)c2)C3)c(=NC=O)n1C. The molecule has 3 atom stereocenters. The van der Waals surface area contributed by atoms with Crippen LogP contribution in [0.1, 0.15) is 42.6 Å². The second-order valence-electron chi connectivity index (χ2n) is 9.75. The number of benzene rings is 1. The smallest absolute Gasteiger partial charge is 0.347 e. The average Bonchev–Trinajstić information content (AvgIpc) is 3.26. The number of nitrogens with zero attached hydrogens (tertiary/aromatic N) is 6. The fourth-order valence-corrected chi connectivity index (χ4v) is 5.36. The van der Waals surface area contributed by atoms with Gasteiger partial charge in [-0.15, -0.1) is 9.78 Å². The highest BCUT2D eigenvalue weighted by atomic mass is 19.1. The predicted octanol–water partition coefficient (Wildman–Crippen LogP) is 2.51. The molecule has 2 aromatic rings. The maximum Gasteiger partial charge on any atom is 0.347 e. The van der Waals surface area contributed by atoms with Crippen LogP contribution < -0.4 is 5.62 Å². The predicted molar refractivity (Wildman–Crippen MR) is 128 cm³/mol. The molecule has 0 aliphatic carbocycles. The van der Waals surface area contributed by atoms with E-state index in [0.717, 1.165) is 35.9 Å². The minimum Gasteiger partial charge on any atom is -0.373 e. The van der Waals surface area contributed by atoms with Crippen LogP contribution in [0.15, 0.2) is 29.3 Å². The molecular weight excluding hydrogens is 470 g/mol. The zero-order valence-electron chi connectivity index (χ0n) is 21.0. The van der Waals surface area contributed by atoms with Gasteiger partial charge in [-0.2, -0.15) is 4.99 Å². The Hall–Kier alpha value is -2.92. The van der Waals surface area contributed by atoms with Crippen molar-refractivity contribution < 1.29 is 23.1 Å². The number of carbonyl (C=O) groups excluding carboxylic acids is 2. The number of hydrogen-bond donors (Lipinski definition) is 0. The van der Waals surface area contributed by atoms with Gasteiger partial charge in [0.15, 0.2) is 0 Å². The minimum absolute atomic E-state index is 0.0892. The molecule has 2 fully saturated rings. The van der Waals surface area contributed by atoms with Crippen LogP contribution in [-0.4, -0.2) is 81.1 Å². The van der Waals surface area contributed by atoms with Gasteiger partial charge in [-0.3, -0.25) is 9.69 Å². The van der Waals surface area contributed by atoms with Crippen LogP contribution in [0.5, 0.6) is 0 Å². The number of fused-ring (bicyclic) bond motifs is 2. The zero-order chi connectivity index (χ0) is 25.8. The summed E-state index contributed by atoms with van der Waals surface area (Å²) < 4.78 is 36.8. The van der Waals surface area contributed by atoms with Gasteiger partial charge < -0.3 is 14.2 Å². The van der Waals surface area contributed by atoms with Gasteiger partial charge in [-0.1, -0.05) is 24.3 Å². The van der Waals surface area contributed by atoms with Crippen molar-refractivity contribution in [3.8, 4) is 0 Å². The zero-order valence-corrected chi connectivity index (χ0v) is 21.0. The highest BCUT2D eigenvalue weighted by Crippen LogP contribution is 2.37. The van der Waals surface area contributed by atoms with E-state index in [1.54, 1.807) is 20.0 Å². The molecule has 0 saturated carbocycles. The molecule has 3 heterocycles. The van der Waals surface area contributed by atoms with Crippen molar-refractivity contribution in [2.24, 2.45) is 12.0 Å². The topological polar surface area (TPSA) is 85.0 Å². The molecule has 0 spiro atoms. The number of rotatable bonds is 9. The molecule has 4 rings (SSSR count). The van der Waals surface area contributed by atoms with Crippen molar-refractivity contribution in [2.45, 2.75) is 70.2 Å². The molecule has 196 valence electrons. The van der Waals surface area contributed by atoms with Gasteiger partial charge in [0.25, 0.3) is 0 Å². The van der Waals surface area contributed by atoms with Crippen molar-refractivity contribution in [1.29, 1.82) is 0 Å². The third kappa shape index (κ3) is 5.73. The van der Waals surface area contributed by atoms with Gasteiger partial charge in [-0.25, -0.2) is 13.6 Å². The van der Waals surface area contributed by atoms with Crippen LogP contribution in [0.3, 0.4) is 0 Å². The van der Waals surface area contributed by atoms with Crippen LogP contribution in [0.2, 0.25) is 0 Å². The largest absolute Gasteiger partial charge is 0.373 e. The first-order valence-corrected chi connectivity index (χ1v) is 12.3. The Kier molecular flexibility index (Phi) is 8.30. The highest BCUT2D eigenvalue weighted by Gasteiger charge is 2.42. The third-order valence-corrected chi connectivity index (χ3v) is 7.25. The molecule has 0 radical (unpaired) electrons. The van der Waals surface area contributed by atoms with Gasteiger partial charge in [0, 0.05) is 32.7 Å². The van der Waals surface area contributed by atoms with E-state index < -0.39 is 18.9 Å². The summed E-state index contributed by atoms with van der Waals surface area (Å²) >= 11 is 0. The fraction of sp³-hybridized carbons (Fsp3) is 0.600. The fourth-order valence-electron chi connectivity index (χ4n) is 5.36. The van der Waals surface area contributed by atoms with Crippen molar-refractivity contribution in [3.63, 3.8) is 0 Å². The number of hydrogen-bond acceptors (Lipinski definition) is 5. The molecule has 2 aliphatic heterocycles. The van der Waals surface area contributed by atoms with Gasteiger partial charge in [0.2, 0.25) is 12.0 Å². The molecule has 2 amide bonds. The summed E-state index contributed by atoms with van der Waals surface area (Å²) in [6, 6.07) is 7.32. The first kappa shape index (κ1) is 26.2. The van der Waals surface area contributed by atoms with E-state index in [9.17, 15) is 14.0 Å². The van der Waals surface area contributed by atoms with E-state index in [1.165, 1.54) is 16.5 Å². The lowest BCUT2D eigenvalue weighted by Crippen LogP contribution is -2.50. The van der Waals surface area contributed by atoms with Crippen LogP contribution >= 0.6 is 0 Å². The van der Waals surface area contributed by atoms with Crippen LogP contribution in [0, 0.1) is 6.92 Å². The number of piperidine rings is 1. The lowest BCUT2D eigenvalue weighted by Gasteiger charge is -2.39. The molecule has 0 N–H and O–H groups in total. The van der Waals surface area contributed by atoms with E-state index in [1.807, 2.05) is 18.2 Å². The number of aryl methyl sites for hydroxylation is 1. The number of ether oxygens (including phenoxy) is 1. The summed E-state index contributed by atoms with van der Waals surface area (Å²) in [6.45, 7) is 1.80. The maximum atomic E-state index is 15.1. The van der Waals surface area contributed by atoms with E-state index in [2.05, 4.69) is 15.0 Å². The molecule has 2 aliphatic rings. The molecule has 2 saturated heterocycles. The normalized spacial score (nSPS) is 23.1. The lowest BCUT2D eigenvalue weighted by atomic mass is 9.99. The van der Waals surface area contributed by atoms with E-state index in [0.29, 0.717) is 24.4 Å². The van der Waals surface area contributed by atoms with Crippen molar-refractivity contribution >= 4 is 12.4 Å². The van der Waals surface area contributed by atoms with E-state index >= 15 is 4.39 Å². The second-order valence-corrected chi connectivity index (χ2v) is 9.75.